The summed E-state index contributed by atoms with van der Waals surface area (Å²) in [6.45, 7) is 5.58. The van der Waals surface area contributed by atoms with Gasteiger partial charge in [-0.2, -0.15) is 0 Å². The highest BCUT2D eigenvalue weighted by atomic mass is 19.1. The van der Waals surface area contributed by atoms with Crippen LogP contribution >= 0.6 is 0 Å². The van der Waals surface area contributed by atoms with E-state index in [9.17, 15) is 14.0 Å². The Labute approximate surface area is 175 Å². The van der Waals surface area contributed by atoms with Gasteiger partial charge in [0.05, 0.1) is 0 Å². The van der Waals surface area contributed by atoms with Crippen molar-refractivity contribution in [2.24, 2.45) is 5.92 Å². The highest BCUT2D eigenvalue weighted by Crippen LogP contribution is 2.23. The van der Waals surface area contributed by atoms with Gasteiger partial charge in [-0.15, -0.1) is 5.10 Å². The second kappa shape index (κ2) is 10.3. The van der Waals surface area contributed by atoms with E-state index in [0.29, 0.717) is 44.7 Å². The lowest BCUT2D eigenvalue weighted by Crippen LogP contribution is -2.46. The van der Waals surface area contributed by atoms with Crippen LogP contribution in [0.25, 0.3) is 0 Å². The summed E-state index contributed by atoms with van der Waals surface area (Å²) >= 11 is 0. The lowest BCUT2D eigenvalue weighted by molar-refractivity contribution is -0.138. The quantitative estimate of drug-likeness (QED) is 0.665. The third-order valence-corrected chi connectivity index (χ3v) is 5.59. The number of amides is 2. The second-order valence-corrected chi connectivity index (χ2v) is 7.76. The molecule has 1 aromatic carbocycles. The van der Waals surface area contributed by atoms with Crippen molar-refractivity contribution in [1.82, 2.24) is 30.4 Å². The number of likely N-dealkylation sites (tertiary alicyclic amines) is 1. The zero-order valence-corrected chi connectivity index (χ0v) is 17.6. The van der Waals surface area contributed by atoms with Crippen molar-refractivity contribution in [3.63, 3.8) is 0 Å². The molecule has 0 radical (unpaired) electrons. The number of hydrogen-bond acceptors (Lipinski definition) is 5. The van der Waals surface area contributed by atoms with E-state index in [1.54, 1.807) is 24.0 Å². The van der Waals surface area contributed by atoms with Gasteiger partial charge in [0.2, 0.25) is 11.8 Å². The van der Waals surface area contributed by atoms with E-state index in [4.69, 9.17) is 0 Å². The lowest BCUT2D eigenvalue weighted by atomic mass is 9.94. The molecule has 162 valence electrons. The minimum atomic E-state index is -0.611. The molecule has 1 aliphatic rings. The standard InChI is InChI=1S/C21H29FN6O2/c1-3-4-11-23-20(29)17-9-12-27(13-10-17)21(30)19(28-15(2)24-25-26-28)14-16-5-7-18(22)8-6-16/h5-8,17,19H,3-4,9-14H2,1-2H3,(H,23,29). The molecule has 1 N–H and O–H groups in total. The van der Waals surface area contributed by atoms with Gasteiger partial charge in [0.1, 0.15) is 17.7 Å². The Morgan fingerprint density at radius 1 is 1.23 bits per heavy atom. The van der Waals surface area contributed by atoms with E-state index in [1.165, 1.54) is 16.8 Å². The van der Waals surface area contributed by atoms with Crippen LogP contribution in [0.1, 0.15) is 50.0 Å². The average Bonchev–Trinajstić information content (AvgIpc) is 3.18. The Hall–Kier alpha value is -2.84. The van der Waals surface area contributed by atoms with E-state index >= 15 is 0 Å². The molecule has 1 fully saturated rings. The first-order valence-corrected chi connectivity index (χ1v) is 10.5. The van der Waals surface area contributed by atoms with Gasteiger partial charge < -0.3 is 10.2 Å². The number of piperidine rings is 1. The molecule has 0 spiro atoms. The molecule has 0 bridgehead atoms. The third-order valence-electron chi connectivity index (χ3n) is 5.59. The van der Waals surface area contributed by atoms with Crippen LogP contribution in [0, 0.1) is 18.7 Å². The van der Waals surface area contributed by atoms with Crippen molar-refractivity contribution in [3.05, 3.63) is 41.5 Å². The van der Waals surface area contributed by atoms with E-state index in [-0.39, 0.29) is 23.5 Å². The number of aromatic nitrogens is 4. The molecule has 0 saturated carbocycles. The minimum absolute atomic E-state index is 0.0590. The van der Waals surface area contributed by atoms with Crippen molar-refractivity contribution < 1.29 is 14.0 Å². The summed E-state index contributed by atoms with van der Waals surface area (Å²) in [6, 6.07) is 5.49. The number of halogens is 1. The number of nitrogens with zero attached hydrogens (tertiary/aromatic N) is 5. The molecule has 9 heteroatoms. The molecule has 1 aliphatic heterocycles. The first-order valence-electron chi connectivity index (χ1n) is 10.5. The normalized spacial score (nSPS) is 15.8. The Bertz CT molecular complexity index is 845. The van der Waals surface area contributed by atoms with Crippen molar-refractivity contribution in [2.45, 2.75) is 52.0 Å². The molecular formula is C21H29FN6O2. The Kier molecular flexibility index (Phi) is 7.48. The summed E-state index contributed by atoms with van der Waals surface area (Å²) in [5, 5.41) is 14.6. The molecule has 1 atom stereocenters. The first-order chi connectivity index (χ1) is 14.5. The van der Waals surface area contributed by atoms with Gasteiger partial charge in [0, 0.05) is 32.0 Å². The van der Waals surface area contributed by atoms with Gasteiger partial charge in [-0.3, -0.25) is 9.59 Å². The Balaban J connectivity index is 1.66. The predicted octanol–water partition coefficient (Wildman–Crippen LogP) is 2.06. The number of carbonyl (C=O) groups is 2. The number of unbranched alkanes of at least 4 members (excludes halogenated alkanes) is 1. The van der Waals surface area contributed by atoms with Gasteiger partial charge in [0.25, 0.3) is 0 Å². The van der Waals surface area contributed by atoms with Gasteiger partial charge in [-0.05, 0) is 54.3 Å². The van der Waals surface area contributed by atoms with Crippen LogP contribution in [0.5, 0.6) is 0 Å². The van der Waals surface area contributed by atoms with Crippen molar-refractivity contribution in [3.8, 4) is 0 Å². The summed E-state index contributed by atoms with van der Waals surface area (Å²) in [5.74, 6) is 0.158. The SMILES string of the molecule is CCCCNC(=O)C1CCN(C(=O)C(Cc2ccc(F)cc2)n2nnnc2C)CC1. The van der Waals surface area contributed by atoms with Crippen LogP contribution in [0.2, 0.25) is 0 Å². The molecule has 3 rings (SSSR count). The maximum absolute atomic E-state index is 13.3. The summed E-state index contributed by atoms with van der Waals surface area (Å²) in [4.78, 5) is 27.4. The Morgan fingerprint density at radius 3 is 2.53 bits per heavy atom. The molecule has 30 heavy (non-hydrogen) atoms. The number of benzene rings is 1. The van der Waals surface area contributed by atoms with Crippen LogP contribution in [0.15, 0.2) is 24.3 Å². The summed E-state index contributed by atoms with van der Waals surface area (Å²) in [7, 11) is 0. The lowest BCUT2D eigenvalue weighted by Gasteiger charge is -2.33. The predicted molar refractivity (Wildman–Crippen MR) is 109 cm³/mol. The number of nitrogens with one attached hydrogen (secondary N) is 1. The molecule has 0 aliphatic carbocycles. The number of tetrazole rings is 1. The number of hydrogen-bond donors (Lipinski definition) is 1. The van der Waals surface area contributed by atoms with Gasteiger partial charge in [-0.25, -0.2) is 9.07 Å². The smallest absolute Gasteiger partial charge is 0.247 e. The van der Waals surface area contributed by atoms with E-state index in [1.807, 2.05) is 0 Å². The monoisotopic (exact) mass is 416 g/mol. The summed E-state index contributed by atoms with van der Waals surface area (Å²) < 4.78 is 14.8. The third kappa shape index (κ3) is 5.40. The Morgan fingerprint density at radius 2 is 1.93 bits per heavy atom. The van der Waals surface area contributed by atoms with Crippen LogP contribution in [0.3, 0.4) is 0 Å². The van der Waals surface area contributed by atoms with Crippen LogP contribution in [0.4, 0.5) is 4.39 Å². The maximum atomic E-state index is 13.3. The number of rotatable bonds is 8. The largest absolute Gasteiger partial charge is 0.356 e. The maximum Gasteiger partial charge on any atom is 0.247 e. The highest BCUT2D eigenvalue weighted by Gasteiger charge is 2.33. The van der Waals surface area contributed by atoms with Gasteiger partial charge >= 0.3 is 0 Å². The van der Waals surface area contributed by atoms with Crippen LogP contribution < -0.4 is 5.32 Å². The van der Waals surface area contributed by atoms with Crippen LogP contribution in [-0.2, 0) is 16.0 Å². The molecule has 8 nitrogen and oxygen atoms in total. The second-order valence-electron chi connectivity index (χ2n) is 7.76. The molecule has 1 saturated heterocycles. The molecule has 1 unspecified atom stereocenters. The molecular weight excluding hydrogens is 387 g/mol. The van der Waals surface area contributed by atoms with Gasteiger partial charge in [-0.1, -0.05) is 25.5 Å². The average molecular weight is 417 g/mol. The fourth-order valence-corrected chi connectivity index (χ4v) is 3.75. The number of carbonyl (C=O) groups excluding carboxylic acids is 2. The summed E-state index contributed by atoms with van der Waals surface area (Å²) in [6.07, 6.45) is 3.66. The van der Waals surface area contributed by atoms with E-state index in [2.05, 4.69) is 27.8 Å². The van der Waals surface area contributed by atoms with Crippen LogP contribution in [-0.4, -0.2) is 56.6 Å². The zero-order chi connectivity index (χ0) is 21.5. The highest BCUT2D eigenvalue weighted by molar-refractivity contribution is 5.82. The van der Waals surface area contributed by atoms with E-state index < -0.39 is 6.04 Å². The minimum Gasteiger partial charge on any atom is -0.356 e. The molecule has 2 heterocycles. The number of aryl methyl sites for hydroxylation is 1. The van der Waals surface area contributed by atoms with Crippen molar-refractivity contribution in [1.29, 1.82) is 0 Å². The zero-order valence-electron chi connectivity index (χ0n) is 17.6. The first kappa shape index (κ1) is 21.9. The summed E-state index contributed by atoms with van der Waals surface area (Å²) in [5.41, 5.74) is 0.829. The van der Waals surface area contributed by atoms with E-state index in [0.717, 1.165) is 18.4 Å². The molecule has 2 amide bonds. The fourth-order valence-electron chi connectivity index (χ4n) is 3.75. The molecule has 1 aromatic heterocycles. The molecule has 2 aromatic rings. The van der Waals surface area contributed by atoms with Gasteiger partial charge in [0.15, 0.2) is 0 Å². The van der Waals surface area contributed by atoms with Crippen molar-refractivity contribution in [2.75, 3.05) is 19.6 Å². The fraction of sp³-hybridized carbons (Fsp3) is 0.571. The van der Waals surface area contributed by atoms with Crippen molar-refractivity contribution >= 4 is 11.8 Å². The topological polar surface area (TPSA) is 93.0 Å².